The van der Waals surface area contributed by atoms with Gasteiger partial charge in [0, 0.05) is 10.7 Å². The number of anilines is 1. The lowest BCUT2D eigenvalue weighted by atomic mass is 10.3. The fraction of sp³-hybridized carbons (Fsp3) is 0.200. The van der Waals surface area contributed by atoms with Gasteiger partial charge in [-0.05, 0) is 54.0 Å². The molecule has 0 aliphatic carbocycles. The van der Waals surface area contributed by atoms with Gasteiger partial charge in [-0.15, -0.1) is 0 Å². The fourth-order valence-electron chi connectivity index (χ4n) is 1.58. The average molecular weight is 364 g/mol. The smallest absolute Gasteiger partial charge is 0.357 e. The maximum Gasteiger partial charge on any atom is 0.357 e. The Hall–Kier alpha value is -2.28. The summed E-state index contributed by atoms with van der Waals surface area (Å²) >= 11 is 3.26. The minimum absolute atomic E-state index is 0.0881. The van der Waals surface area contributed by atoms with Gasteiger partial charge in [0.05, 0.1) is 6.10 Å². The van der Waals surface area contributed by atoms with Crippen molar-refractivity contribution in [2.45, 2.75) is 20.0 Å². The summed E-state index contributed by atoms with van der Waals surface area (Å²) < 4.78 is 5.86. The number of pyridine rings is 2. The van der Waals surface area contributed by atoms with Crippen LogP contribution < -0.4 is 5.32 Å². The summed E-state index contributed by atoms with van der Waals surface area (Å²) in [5.41, 5.74) is 0.202. The van der Waals surface area contributed by atoms with Crippen LogP contribution in [-0.4, -0.2) is 27.9 Å². The third-order valence-corrected chi connectivity index (χ3v) is 2.97. The van der Waals surface area contributed by atoms with Crippen molar-refractivity contribution >= 4 is 33.6 Å². The molecule has 114 valence electrons. The second-order valence-corrected chi connectivity index (χ2v) is 5.59. The Balaban J connectivity index is 2.13. The molecule has 0 bridgehead atoms. The van der Waals surface area contributed by atoms with Crippen LogP contribution >= 0.6 is 15.9 Å². The van der Waals surface area contributed by atoms with Gasteiger partial charge in [-0.1, -0.05) is 6.07 Å². The van der Waals surface area contributed by atoms with Gasteiger partial charge in [0.1, 0.15) is 17.2 Å². The van der Waals surface area contributed by atoms with E-state index in [1.807, 2.05) is 0 Å². The highest BCUT2D eigenvalue weighted by atomic mass is 79.9. The molecule has 2 aromatic heterocycles. The maximum absolute atomic E-state index is 12.1. The lowest BCUT2D eigenvalue weighted by Gasteiger charge is -2.08. The average Bonchev–Trinajstić information content (AvgIpc) is 2.49. The molecule has 0 saturated heterocycles. The molecule has 1 amide bonds. The lowest BCUT2D eigenvalue weighted by molar-refractivity contribution is 0.0371. The predicted octanol–water partition coefficient (Wildman–Crippen LogP) is 3.06. The zero-order valence-electron chi connectivity index (χ0n) is 12.0. The van der Waals surface area contributed by atoms with Crippen LogP contribution in [0.5, 0.6) is 0 Å². The van der Waals surface area contributed by atoms with Crippen LogP contribution in [0, 0.1) is 0 Å². The zero-order valence-corrected chi connectivity index (χ0v) is 13.6. The Morgan fingerprint density at radius 1 is 1.18 bits per heavy atom. The predicted molar refractivity (Wildman–Crippen MR) is 84.7 cm³/mol. The number of nitrogens with one attached hydrogen (secondary N) is 1. The molecule has 7 heteroatoms. The molecule has 6 nitrogen and oxygen atoms in total. The van der Waals surface area contributed by atoms with Crippen LogP contribution in [0.15, 0.2) is 41.0 Å². The molecule has 2 rings (SSSR count). The fourth-order valence-corrected chi connectivity index (χ4v) is 1.81. The lowest BCUT2D eigenvalue weighted by Crippen LogP contribution is -2.18. The van der Waals surface area contributed by atoms with Crippen molar-refractivity contribution < 1.29 is 14.3 Å². The van der Waals surface area contributed by atoms with Crippen LogP contribution in [0.3, 0.4) is 0 Å². The van der Waals surface area contributed by atoms with Crippen molar-refractivity contribution in [3.63, 3.8) is 0 Å². The number of hydrogen-bond acceptors (Lipinski definition) is 5. The molecule has 2 heterocycles. The van der Waals surface area contributed by atoms with Crippen molar-refractivity contribution in [1.29, 1.82) is 0 Å². The van der Waals surface area contributed by atoms with Gasteiger partial charge in [-0.25, -0.2) is 14.8 Å². The minimum atomic E-state index is -0.564. The number of halogens is 1. The first-order valence-electron chi connectivity index (χ1n) is 6.56. The number of nitrogens with zero attached hydrogens (tertiary/aromatic N) is 2. The van der Waals surface area contributed by atoms with Gasteiger partial charge in [-0.2, -0.15) is 0 Å². The molecule has 22 heavy (non-hydrogen) atoms. The Morgan fingerprint density at radius 3 is 2.55 bits per heavy atom. The Labute approximate surface area is 136 Å². The number of ether oxygens (including phenoxy) is 1. The number of carbonyl (C=O) groups is 2. The molecular formula is C15H14BrN3O3. The molecule has 0 aliphatic heterocycles. The SMILES string of the molecule is CC(C)OC(=O)c1cccc(C(=O)Nc2ccc(Br)cn2)n1. The normalized spacial score (nSPS) is 10.4. The first-order valence-corrected chi connectivity index (χ1v) is 7.36. The molecule has 1 N–H and O–H groups in total. The highest BCUT2D eigenvalue weighted by Gasteiger charge is 2.14. The Bertz CT molecular complexity index is 687. The number of hydrogen-bond donors (Lipinski definition) is 1. The number of carbonyl (C=O) groups excluding carboxylic acids is 2. The van der Waals surface area contributed by atoms with E-state index in [9.17, 15) is 9.59 Å². The van der Waals surface area contributed by atoms with Crippen LogP contribution in [-0.2, 0) is 4.74 Å². The quantitative estimate of drug-likeness (QED) is 0.844. The summed E-state index contributed by atoms with van der Waals surface area (Å²) in [7, 11) is 0. The van der Waals surface area contributed by atoms with Gasteiger partial charge in [0.25, 0.3) is 5.91 Å². The Kier molecular flexibility index (Phi) is 5.21. The minimum Gasteiger partial charge on any atom is -0.458 e. The summed E-state index contributed by atoms with van der Waals surface area (Å²) in [6.45, 7) is 3.49. The van der Waals surface area contributed by atoms with E-state index in [4.69, 9.17) is 4.74 Å². The standard InChI is InChI=1S/C15H14BrN3O3/c1-9(2)22-15(21)12-5-3-4-11(18-12)14(20)19-13-7-6-10(16)8-17-13/h3-9H,1-2H3,(H,17,19,20). The molecule has 0 saturated carbocycles. The number of rotatable bonds is 4. The second kappa shape index (κ2) is 7.13. The van der Waals surface area contributed by atoms with E-state index in [0.717, 1.165) is 4.47 Å². The molecule has 0 aliphatic rings. The van der Waals surface area contributed by atoms with Gasteiger partial charge >= 0.3 is 5.97 Å². The summed E-state index contributed by atoms with van der Waals surface area (Å²) in [4.78, 5) is 32.0. The van der Waals surface area contributed by atoms with E-state index in [2.05, 4.69) is 31.2 Å². The van der Waals surface area contributed by atoms with Gasteiger partial charge in [-0.3, -0.25) is 4.79 Å². The monoisotopic (exact) mass is 363 g/mol. The molecule has 0 atom stereocenters. The number of aromatic nitrogens is 2. The van der Waals surface area contributed by atoms with E-state index in [-0.39, 0.29) is 17.5 Å². The molecular weight excluding hydrogens is 350 g/mol. The molecule has 0 unspecified atom stereocenters. The van der Waals surface area contributed by atoms with E-state index in [1.165, 1.54) is 12.1 Å². The van der Waals surface area contributed by atoms with E-state index in [0.29, 0.717) is 5.82 Å². The van der Waals surface area contributed by atoms with Gasteiger partial charge in [0.2, 0.25) is 0 Å². The summed E-state index contributed by atoms with van der Waals surface area (Å²) in [6.07, 6.45) is 1.32. The molecule has 0 spiro atoms. The summed E-state index contributed by atoms with van der Waals surface area (Å²) in [6, 6.07) is 8.00. The van der Waals surface area contributed by atoms with Crippen LogP contribution in [0.25, 0.3) is 0 Å². The maximum atomic E-state index is 12.1. The van der Waals surface area contributed by atoms with E-state index in [1.54, 1.807) is 38.2 Å². The summed E-state index contributed by atoms with van der Waals surface area (Å²) in [5, 5.41) is 2.61. The number of amides is 1. The first-order chi connectivity index (χ1) is 10.5. The van der Waals surface area contributed by atoms with Crippen LogP contribution in [0.1, 0.15) is 34.8 Å². The second-order valence-electron chi connectivity index (χ2n) is 4.68. The molecule has 0 fully saturated rings. The Morgan fingerprint density at radius 2 is 1.91 bits per heavy atom. The van der Waals surface area contributed by atoms with Crippen molar-refractivity contribution in [3.05, 3.63) is 52.4 Å². The third kappa shape index (κ3) is 4.36. The van der Waals surface area contributed by atoms with Gasteiger partial charge < -0.3 is 10.1 Å². The van der Waals surface area contributed by atoms with Crippen LogP contribution in [0.4, 0.5) is 5.82 Å². The molecule has 0 aromatic carbocycles. The van der Waals surface area contributed by atoms with Crippen molar-refractivity contribution in [3.8, 4) is 0 Å². The van der Waals surface area contributed by atoms with Crippen LogP contribution in [0.2, 0.25) is 0 Å². The zero-order chi connectivity index (χ0) is 16.1. The van der Waals surface area contributed by atoms with E-state index < -0.39 is 11.9 Å². The molecule has 2 aromatic rings. The topological polar surface area (TPSA) is 81.2 Å². The largest absolute Gasteiger partial charge is 0.458 e. The van der Waals surface area contributed by atoms with Gasteiger partial charge in [0.15, 0.2) is 0 Å². The van der Waals surface area contributed by atoms with Crippen molar-refractivity contribution in [1.82, 2.24) is 9.97 Å². The third-order valence-electron chi connectivity index (χ3n) is 2.50. The summed E-state index contributed by atoms with van der Waals surface area (Å²) in [5.74, 6) is -0.620. The highest BCUT2D eigenvalue weighted by molar-refractivity contribution is 9.10. The van der Waals surface area contributed by atoms with Crippen molar-refractivity contribution in [2.75, 3.05) is 5.32 Å². The highest BCUT2D eigenvalue weighted by Crippen LogP contribution is 2.11. The first kappa shape index (κ1) is 16.1. The number of esters is 1. The van der Waals surface area contributed by atoms with Crippen molar-refractivity contribution in [2.24, 2.45) is 0 Å². The van der Waals surface area contributed by atoms with E-state index >= 15 is 0 Å². The molecule has 0 radical (unpaired) electrons.